The molecule has 1 aliphatic rings. The van der Waals surface area contributed by atoms with Crippen molar-refractivity contribution in [1.29, 1.82) is 0 Å². The maximum atomic E-state index is 12.1. The predicted octanol–water partition coefficient (Wildman–Crippen LogP) is 0.668. The van der Waals surface area contributed by atoms with E-state index in [-0.39, 0.29) is 18.1 Å². The molecule has 1 rings (SSSR count). The zero-order chi connectivity index (χ0) is 13.0. The SMILES string of the molecule is CCC(NC(=O)O)C(=O)N1CC(C)OC(C)C1. The Kier molecular flexibility index (Phi) is 4.74. The number of morpholine rings is 1. The van der Waals surface area contributed by atoms with E-state index in [9.17, 15) is 9.59 Å². The molecule has 1 aliphatic heterocycles. The lowest BCUT2D eigenvalue weighted by Crippen LogP contribution is -2.54. The molecule has 6 heteroatoms. The number of carbonyl (C=O) groups is 2. The molecule has 0 radical (unpaired) electrons. The molecule has 98 valence electrons. The van der Waals surface area contributed by atoms with Crippen LogP contribution in [0.15, 0.2) is 0 Å². The van der Waals surface area contributed by atoms with Crippen molar-refractivity contribution in [3.05, 3.63) is 0 Å². The summed E-state index contributed by atoms with van der Waals surface area (Å²) in [6, 6.07) is -0.662. The minimum atomic E-state index is -1.17. The van der Waals surface area contributed by atoms with Gasteiger partial charge in [0.2, 0.25) is 5.91 Å². The van der Waals surface area contributed by atoms with Gasteiger partial charge in [0.15, 0.2) is 0 Å². The number of hydrogen-bond donors (Lipinski definition) is 2. The van der Waals surface area contributed by atoms with Gasteiger partial charge in [0.25, 0.3) is 0 Å². The number of rotatable bonds is 3. The Morgan fingerprint density at radius 2 is 1.94 bits per heavy atom. The van der Waals surface area contributed by atoms with E-state index in [1.807, 2.05) is 13.8 Å². The predicted molar refractivity (Wildman–Crippen MR) is 61.8 cm³/mol. The van der Waals surface area contributed by atoms with Crippen LogP contribution in [-0.4, -0.2) is 53.3 Å². The van der Waals surface area contributed by atoms with Crippen LogP contribution in [0.1, 0.15) is 27.2 Å². The van der Waals surface area contributed by atoms with Gasteiger partial charge in [-0.1, -0.05) is 6.92 Å². The molecule has 0 spiro atoms. The van der Waals surface area contributed by atoms with Crippen molar-refractivity contribution in [3.8, 4) is 0 Å². The third kappa shape index (κ3) is 3.89. The van der Waals surface area contributed by atoms with Gasteiger partial charge in [0, 0.05) is 13.1 Å². The van der Waals surface area contributed by atoms with E-state index in [0.717, 1.165) is 0 Å². The van der Waals surface area contributed by atoms with Crippen molar-refractivity contribution < 1.29 is 19.4 Å². The van der Waals surface area contributed by atoms with E-state index >= 15 is 0 Å². The summed E-state index contributed by atoms with van der Waals surface area (Å²) in [5, 5.41) is 10.9. The first-order valence-electron chi connectivity index (χ1n) is 5.87. The lowest BCUT2D eigenvalue weighted by molar-refractivity contribution is -0.145. The van der Waals surface area contributed by atoms with Crippen LogP contribution in [0.5, 0.6) is 0 Å². The highest BCUT2D eigenvalue weighted by atomic mass is 16.5. The number of ether oxygens (including phenoxy) is 1. The molecule has 1 saturated heterocycles. The van der Waals surface area contributed by atoms with E-state index in [0.29, 0.717) is 19.5 Å². The zero-order valence-corrected chi connectivity index (χ0v) is 10.5. The van der Waals surface area contributed by atoms with Gasteiger partial charge in [-0.15, -0.1) is 0 Å². The topological polar surface area (TPSA) is 78.9 Å². The molecule has 0 aromatic rings. The maximum absolute atomic E-state index is 12.1. The highest BCUT2D eigenvalue weighted by molar-refractivity contribution is 5.85. The van der Waals surface area contributed by atoms with E-state index in [2.05, 4.69) is 5.32 Å². The molecule has 2 amide bonds. The summed E-state index contributed by atoms with van der Waals surface area (Å²) >= 11 is 0. The number of nitrogens with zero attached hydrogens (tertiary/aromatic N) is 1. The summed E-state index contributed by atoms with van der Waals surface area (Å²) < 4.78 is 5.53. The average molecular weight is 244 g/mol. The minimum absolute atomic E-state index is 0.00923. The van der Waals surface area contributed by atoms with Crippen molar-refractivity contribution in [2.75, 3.05) is 13.1 Å². The number of hydrogen-bond acceptors (Lipinski definition) is 3. The van der Waals surface area contributed by atoms with Gasteiger partial charge in [-0.05, 0) is 20.3 Å². The van der Waals surface area contributed by atoms with E-state index in [4.69, 9.17) is 9.84 Å². The van der Waals surface area contributed by atoms with Crippen molar-refractivity contribution in [2.24, 2.45) is 0 Å². The summed E-state index contributed by atoms with van der Waals surface area (Å²) in [7, 11) is 0. The Morgan fingerprint density at radius 3 is 2.35 bits per heavy atom. The maximum Gasteiger partial charge on any atom is 0.405 e. The molecule has 0 aromatic carbocycles. The first kappa shape index (κ1) is 13.8. The zero-order valence-electron chi connectivity index (χ0n) is 10.5. The molecule has 1 heterocycles. The molecule has 0 saturated carbocycles. The van der Waals surface area contributed by atoms with Gasteiger partial charge < -0.3 is 20.1 Å². The highest BCUT2D eigenvalue weighted by Crippen LogP contribution is 2.12. The second-order valence-corrected chi connectivity index (χ2v) is 4.41. The minimum Gasteiger partial charge on any atom is -0.465 e. The van der Waals surface area contributed by atoms with Crippen LogP contribution in [0.25, 0.3) is 0 Å². The van der Waals surface area contributed by atoms with Crippen molar-refractivity contribution >= 4 is 12.0 Å². The van der Waals surface area contributed by atoms with E-state index in [1.54, 1.807) is 11.8 Å². The fraction of sp³-hybridized carbons (Fsp3) is 0.818. The molecule has 0 aliphatic carbocycles. The third-order valence-corrected chi connectivity index (χ3v) is 2.74. The first-order chi connectivity index (χ1) is 7.93. The standard InChI is InChI=1S/C11H20N2O4/c1-4-9(12-11(15)16)10(14)13-5-7(2)17-8(3)6-13/h7-9,12H,4-6H2,1-3H3,(H,15,16). The summed E-state index contributed by atoms with van der Waals surface area (Å²) in [6.07, 6.45) is -0.736. The van der Waals surface area contributed by atoms with Gasteiger partial charge in [-0.25, -0.2) is 4.79 Å². The molecular weight excluding hydrogens is 224 g/mol. The molecule has 6 nitrogen and oxygen atoms in total. The van der Waals surface area contributed by atoms with Crippen LogP contribution in [0, 0.1) is 0 Å². The Balaban J connectivity index is 2.63. The average Bonchev–Trinajstić information content (AvgIpc) is 2.23. The molecule has 2 N–H and O–H groups in total. The smallest absolute Gasteiger partial charge is 0.405 e. The van der Waals surface area contributed by atoms with Gasteiger partial charge in [0.05, 0.1) is 12.2 Å². The van der Waals surface area contributed by atoms with Crippen LogP contribution in [0.3, 0.4) is 0 Å². The summed E-state index contributed by atoms with van der Waals surface area (Å²) in [5.74, 6) is -0.170. The quantitative estimate of drug-likeness (QED) is 0.764. The number of nitrogens with one attached hydrogen (secondary N) is 1. The van der Waals surface area contributed by atoms with Crippen LogP contribution in [0.2, 0.25) is 0 Å². The molecule has 3 atom stereocenters. The molecule has 0 aromatic heterocycles. The summed E-state index contributed by atoms with van der Waals surface area (Å²) in [5.41, 5.74) is 0. The van der Waals surface area contributed by atoms with Crippen molar-refractivity contribution in [2.45, 2.75) is 45.4 Å². The Labute approximate surface area is 101 Å². The lowest BCUT2D eigenvalue weighted by Gasteiger charge is -2.36. The van der Waals surface area contributed by atoms with Gasteiger partial charge in [0.1, 0.15) is 6.04 Å². The lowest BCUT2D eigenvalue weighted by atomic mass is 10.1. The van der Waals surface area contributed by atoms with Crippen LogP contribution in [0.4, 0.5) is 4.79 Å². The summed E-state index contributed by atoms with van der Waals surface area (Å²) in [6.45, 7) is 6.62. The van der Waals surface area contributed by atoms with Crippen molar-refractivity contribution in [1.82, 2.24) is 10.2 Å². The molecule has 1 fully saturated rings. The molecule has 17 heavy (non-hydrogen) atoms. The number of carboxylic acid groups (broad SMARTS) is 1. The second-order valence-electron chi connectivity index (χ2n) is 4.41. The summed E-state index contributed by atoms with van der Waals surface area (Å²) in [4.78, 5) is 24.3. The van der Waals surface area contributed by atoms with Gasteiger partial charge >= 0.3 is 6.09 Å². The largest absolute Gasteiger partial charge is 0.465 e. The van der Waals surface area contributed by atoms with Crippen LogP contribution in [-0.2, 0) is 9.53 Å². The number of carbonyl (C=O) groups excluding carboxylic acids is 1. The Hall–Kier alpha value is -1.30. The van der Waals surface area contributed by atoms with E-state index < -0.39 is 12.1 Å². The van der Waals surface area contributed by atoms with Gasteiger partial charge in [-0.3, -0.25) is 4.79 Å². The molecule has 0 bridgehead atoms. The normalized spacial score (nSPS) is 26.4. The van der Waals surface area contributed by atoms with Crippen LogP contribution < -0.4 is 5.32 Å². The first-order valence-corrected chi connectivity index (χ1v) is 5.87. The van der Waals surface area contributed by atoms with Crippen LogP contribution >= 0.6 is 0 Å². The Morgan fingerprint density at radius 1 is 1.41 bits per heavy atom. The second kappa shape index (κ2) is 5.86. The van der Waals surface area contributed by atoms with Gasteiger partial charge in [-0.2, -0.15) is 0 Å². The molecular formula is C11H20N2O4. The van der Waals surface area contributed by atoms with E-state index in [1.165, 1.54) is 0 Å². The monoisotopic (exact) mass is 244 g/mol. The third-order valence-electron chi connectivity index (χ3n) is 2.74. The fourth-order valence-corrected chi connectivity index (χ4v) is 2.07. The number of amides is 2. The fourth-order valence-electron chi connectivity index (χ4n) is 2.07. The highest BCUT2D eigenvalue weighted by Gasteiger charge is 2.30. The Bertz CT molecular complexity index is 285. The van der Waals surface area contributed by atoms with Crippen molar-refractivity contribution in [3.63, 3.8) is 0 Å². The molecule has 3 unspecified atom stereocenters.